The Hall–Kier alpha value is -4.12. The number of aromatic nitrogens is 3. The largest absolute Gasteiger partial charge is 0.508 e. The van der Waals surface area contributed by atoms with Gasteiger partial charge < -0.3 is 19.8 Å². The van der Waals surface area contributed by atoms with Gasteiger partial charge in [-0.2, -0.15) is 0 Å². The second-order valence-corrected chi connectivity index (χ2v) is 13.1. The number of pyridine rings is 3. The van der Waals surface area contributed by atoms with Crippen molar-refractivity contribution in [3.05, 3.63) is 79.8 Å². The number of aryl methyl sites for hydroxylation is 1. The lowest BCUT2D eigenvalue weighted by atomic mass is 9.98. The van der Waals surface area contributed by atoms with Crippen LogP contribution in [0.15, 0.2) is 47.9 Å². The smallest absolute Gasteiger partial charge is 0.283 e. The SMILES string of the molecule is C=CC(=O)N1CC2C(=O)N(C)c3c(c4cc(Cl)c(-c5cc(O)cc(Cl)c5Cl)nc4n(-c4c(C)ccnc4C(C)C)c3=O)N2CC1C. The molecule has 2 atom stereocenters. The van der Waals surface area contributed by atoms with Gasteiger partial charge in [0.15, 0.2) is 0 Å². The zero-order chi connectivity index (χ0) is 33.4. The molecule has 10 nitrogen and oxygen atoms in total. The number of hydrogen-bond acceptors (Lipinski definition) is 7. The molecule has 0 aliphatic carbocycles. The molecule has 3 aromatic heterocycles. The van der Waals surface area contributed by atoms with Crippen molar-refractivity contribution in [1.82, 2.24) is 19.4 Å². The van der Waals surface area contributed by atoms with E-state index in [2.05, 4.69) is 11.6 Å². The molecule has 2 aliphatic heterocycles. The van der Waals surface area contributed by atoms with E-state index in [-0.39, 0.29) is 80.3 Å². The summed E-state index contributed by atoms with van der Waals surface area (Å²) in [5.41, 5.74) is 2.85. The summed E-state index contributed by atoms with van der Waals surface area (Å²) in [6.45, 7) is 11.7. The van der Waals surface area contributed by atoms with Gasteiger partial charge in [0.1, 0.15) is 23.1 Å². The number of phenols is 1. The number of rotatable bonds is 4. The lowest BCUT2D eigenvalue weighted by Gasteiger charge is -2.49. The van der Waals surface area contributed by atoms with E-state index in [1.165, 1.54) is 27.7 Å². The van der Waals surface area contributed by atoms with Crippen molar-refractivity contribution >= 4 is 69.0 Å². The van der Waals surface area contributed by atoms with E-state index in [4.69, 9.17) is 39.8 Å². The molecule has 1 saturated heterocycles. The topological polar surface area (TPSA) is 112 Å². The number of piperazine rings is 1. The summed E-state index contributed by atoms with van der Waals surface area (Å²) in [6.07, 6.45) is 2.92. The highest BCUT2D eigenvalue weighted by atomic mass is 35.5. The number of carbonyl (C=O) groups is 2. The average molecular weight is 682 g/mol. The zero-order valence-electron chi connectivity index (χ0n) is 25.8. The zero-order valence-corrected chi connectivity index (χ0v) is 28.1. The normalized spacial score (nSPS) is 17.8. The van der Waals surface area contributed by atoms with Gasteiger partial charge in [0.25, 0.3) is 11.5 Å². The Morgan fingerprint density at radius 2 is 1.80 bits per heavy atom. The van der Waals surface area contributed by atoms with Crippen LogP contribution in [0, 0.1) is 6.92 Å². The molecular weight excluding hydrogens is 651 g/mol. The Balaban J connectivity index is 1.76. The third-order valence-electron chi connectivity index (χ3n) is 8.68. The summed E-state index contributed by atoms with van der Waals surface area (Å²) < 4.78 is 1.48. The second-order valence-electron chi connectivity index (χ2n) is 11.9. The molecule has 2 unspecified atom stereocenters. The molecule has 2 aliphatic rings. The Bertz CT molecular complexity index is 2040. The number of benzene rings is 1. The summed E-state index contributed by atoms with van der Waals surface area (Å²) in [5.74, 6) is -0.815. The fourth-order valence-corrected chi connectivity index (χ4v) is 7.13. The van der Waals surface area contributed by atoms with Crippen molar-refractivity contribution in [2.75, 3.05) is 29.9 Å². The van der Waals surface area contributed by atoms with Gasteiger partial charge in [-0.1, -0.05) is 55.2 Å². The third-order valence-corrected chi connectivity index (χ3v) is 9.77. The number of hydrogen-bond donors (Lipinski definition) is 1. The Morgan fingerprint density at radius 3 is 2.48 bits per heavy atom. The van der Waals surface area contributed by atoms with Crippen LogP contribution in [0.1, 0.15) is 37.9 Å². The van der Waals surface area contributed by atoms with E-state index in [9.17, 15) is 19.5 Å². The van der Waals surface area contributed by atoms with E-state index in [0.29, 0.717) is 22.5 Å². The quantitative estimate of drug-likeness (QED) is 0.259. The van der Waals surface area contributed by atoms with Gasteiger partial charge in [-0.05, 0) is 49.6 Å². The summed E-state index contributed by atoms with van der Waals surface area (Å²) in [6, 6.07) is 5.16. The molecule has 0 radical (unpaired) electrons. The predicted octanol–water partition coefficient (Wildman–Crippen LogP) is 6.11. The maximum absolute atomic E-state index is 14.9. The standard InChI is InChI=1S/C33H31Cl3N6O4/c1-7-24(44)40-14-23-32(45)39(6)30-29(41(23)13-17(40)5)20-12-22(35)27(19-10-18(43)11-21(34)25(19)36)38-31(20)42(33(30)46)28-16(4)8-9-37-26(28)15(2)3/h7-12,15,17,23,43H,1,13-14H2,2-6H3. The highest BCUT2D eigenvalue weighted by Crippen LogP contribution is 2.45. The number of likely N-dealkylation sites (N-methyl/N-ethyl adjacent to an activating group) is 1. The molecule has 6 rings (SSSR count). The van der Waals surface area contributed by atoms with Crippen LogP contribution in [0.2, 0.25) is 15.1 Å². The first-order valence-electron chi connectivity index (χ1n) is 14.7. The number of carbonyl (C=O) groups excluding carboxylic acids is 2. The van der Waals surface area contributed by atoms with Crippen LogP contribution in [-0.2, 0) is 9.59 Å². The Morgan fingerprint density at radius 1 is 1.09 bits per heavy atom. The number of phenolic OH excluding ortho intramolecular Hbond substituents is 1. The molecule has 1 fully saturated rings. The van der Waals surface area contributed by atoms with E-state index in [0.717, 1.165) is 5.56 Å². The van der Waals surface area contributed by atoms with Crippen LogP contribution >= 0.6 is 34.8 Å². The van der Waals surface area contributed by atoms with Crippen molar-refractivity contribution < 1.29 is 14.7 Å². The van der Waals surface area contributed by atoms with E-state index in [1.807, 2.05) is 38.7 Å². The summed E-state index contributed by atoms with van der Waals surface area (Å²) >= 11 is 19.9. The first-order chi connectivity index (χ1) is 21.8. The van der Waals surface area contributed by atoms with Gasteiger partial charge in [-0.15, -0.1) is 0 Å². The lowest BCUT2D eigenvalue weighted by Crippen LogP contribution is -2.66. The fraction of sp³-hybridized carbons (Fsp3) is 0.303. The van der Waals surface area contributed by atoms with Crippen molar-refractivity contribution in [2.24, 2.45) is 0 Å². The number of amides is 2. The van der Waals surface area contributed by atoms with Gasteiger partial charge in [-0.3, -0.25) is 23.9 Å². The third kappa shape index (κ3) is 4.82. The minimum absolute atomic E-state index is 0.0703. The molecule has 0 bridgehead atoms. The maximum Gasteiger partial charge on any atom is 0.283 e. The number of halogens is 3. The van der Waals surface area contributed by atoms with Crippen LogP contribution in [-0.4, -0.2) is 68.6 Å². The number of aromatic hydroxyl groups is 1. The van der Waals surface area contributed by atoms with Gasteiger partial charge in [-0.25, -0.2) is 4.98 Å². The second kappa shape index (κ2) is 11.6. The molecular formula is C33H31Cl3N6O4. The van der Waals surface area contributed by atoms with Crippen LogP contribution in [0.4, 0.5) is 11.4 Å². The molecule has 0 saturated carbocycles. The first-order valence-corrected chi connectivity index (χ1v) is 15.8. The highest BCUT2D eigenvalue weighted by molar-refractivity contribution is 6.44. The molecule has 238 valence electrons. The van der Waals surface area contributed by atoms with Crippen molar-refractivity contribution in [3.8, 4) is 22.7 Å². The van der Waals surface area contributed by atoms with Gasteiger partial charge >= 0.3 is 0 Å². The molecule has 0 spiro atoms. The van der Waals surface area contributed by atoms with Gasteiger partial charge in [0, 0.05) is 42.8 Å². The average Bonchev–Trinajstić information content (AvgIpc) is 3.01. The lowest BCUT2D eigenvalue weighted by molar-refractivity contribution is -0.130. The summed E-state index contributed by atoms with van der Waals surface area (Å²) in [5, 5.41) is 11.3. The number of fused-ring (bicyclic) bond motifs is 5. The van der Waals surface area contributed by atoms with Crippen molar-refractivity contribution in [1.29, 1.82) is 0 Å². The maximum atomic E-state index is 14.9. The molecule has 1 N–H and O–H groups in total. The van der Waals surface area contributed by atoms with Gasteiger partial charge in [0.05, 0.1) is 44.4 Å². The highest BCUT2D eigenvalue weighted by Gasteiger charge is 2.46. The van der Waals surface area contributed by atoms with E-state index in [1.54, 1.807) is 24.2 Å². The van der Waals surface area contributed by atoms with Crippen LogP contribution in [0.3, 0.4) is 0 Å². The minimum Gasteiger partial charge on any atom is -0.508 e. The van der Waals surface area contributed by atoms with Crippen molar-refractivity contribution in [3.63, 3.8) is 0 Å². The Labute approximate surface area is 280 Å². The van der Waals surface area contributed by atoms with Crippen LogP contribution < -0.4 is 15.4 Å². The molecule has 1 aromatic carbocycles. The van der Waals surface area contributed by atoms with Crippen LogP contribution in [0.25, 0.3) is 28.0 Å². The molecule has 5 heterocycles. The van der Waals surface area contributed by atoms with Gasteiger partial charge in [0.2, 0.25) is 5.91 Å². The fourth-order valence-electron chi connectivity index (χ4n) is 6.47. The van der Waals surface area contributed by atoms with E-state index < -0.39 is 11.6 Å². The monoisotopic (exact) mass is 680 g/mol. The number of nitrogens with zero attached hydrogens (tertiary/aromatic N) is 6. The number of anilines is 2. The minimum atomic E-state index is -0.764. The summed E-state index contributed by atoms with van der Waals surface area (Å²) in [4.78, 5) is 56.0. The summed E-state index contributed by atoms with van der Waals surface area (Å²) in [7, 11) is 1.56. The van der Waals surface area contributed by atoms with E-state index >= 15 is 0 Å². The molecule has 2 amide bonds. The first kappa shape index (κ1) is 31.8. The Kier molecular flexibility index (Phi) is 8.03. The van der Waals surface area contributed by atoms with Crippen LogP contribution in [0.5, 0.6) is 5.75 Å². The molecule has 13 heteroatoms. The van der Waals surface area contributed by atoms with Crippen molar-refractivity contribution in [2.45, 2.75) is 45.7 Å². The molecule has 4 aromatic rings. The molecule has 46 heavy (non-hydrogen) atoms. The predicted molar refractivity (Wildman–Crippen MR) is 182 cm³/mol.